The van der Waals surface area contributed by atoms with Crippen LogP contribution in [-0.2, 0) is 19.5 Å². The van der Waals surface area contributed by atoms with Crippen LogP contribution in [0, 0.1) is 10.1 Å². The Kier molecular flexibility index (Phi) is 4.94. The van der Waals surface area contributed by atoms with E-state index in [1.165, 1.54) is 19.2 Å². The van der Waals surface area contributed by atoms with Crippen molar-refractivity contribution in [3.8, 4) is 5.75 Å². The molecule has 0 bridgehead atoms. The average molecular weight is 342 g/mol. The number of benzene rings is 1. The normalized spacial score (nSPS) is 14.4. The third-order valence-corrected chi connectivity index (χ3v) is 4.42. The fraction of sp³-hybridized carbons (Fsp3) is 0.444. The Balaban J connectivity index is 1.76. The van der Waals surface area contributed by atoms with E-state index in [2.05, 4.69) is 28.7 Å². The van der Waals surface area contributed by atoms with Crippen LogP contribution in [0.2, 0.25) is 0 Å². The molecule has 3 rings (SSSR count). The van der Waals surface area contributed by atoms with Crippen molar-refractivity contribution in [1.82, 2.24) is 14.9 Å². The van der Waals surface area contributed by atoms with Crippen LogP contribution in [0.15, 0.2) is 24.4 Å². The Morgan fingerprint density at radius 2 is 2.20 bits per heavy atom. The topological polar surface area (TPSA) is 81.4 Å². The van der Waals surface area contributed by atoms with Crippen LogP contribution in [0.25, 0.3) is 0 Å². The molecule has 2 heterocycles. The van der Waals surface area contributed by atoms with Crippen molar-refractivity contribution in [2.24, 2.45) is 0 Å². The van der Waals surface area contributed by atoms with Crippen LogP contribution in [0.1, 0.15) is 42.4 Å². The molecule has 0 saturated heterocycles. The number of non-ortho nitro benzene ring substituents is 1. The predicted octanol–water partition coefficient (Wildman–Crippen LogP) is 3.08. The molecule has 1 aliphatic heterocycles. The van der Waals surface area contributed by atoms with Crippen molar-refractivity contribution in [2.45, 2.75) is 39.3 Å². The fourth-order valence-electron chi connectivity index (χ4n) is 3.02. The second kappa shape index (κ2) is 7.14. The summed E-state index contributed by atoms with van der Waals surface area (Å²) in [7, 11) is 1.54. The number of hydrogen-bond acceptors (Lipinski definition) is 6. The lowest BCUT2D eigenvalue weighted by atomic mass is 10.0. The van der Waals surface area contributed by atoms with Crippen LogP contribution < -0.4 is 4.74 Å². The predicted molar refractivity (Wildman–Crippen MR) is 93.6 cm³/mol. The Morgan fingerprint density at radius 1 is 1.40 bits per heavy atom. The first-order valence-electron chi connectivity index (χ1n) is 8.36. The molecule has 1 aliphatic rings. The van der Waals surface area contributed by atoms with Crippen molar-refractivity contribution in [2.75, 3.05) is 13.7 Å². The minimum absolute atomic E-state index is 0.0409. The first-order valence-corrected chi connectivity index (χ1v) is 8.36. The number of hydrogen-bond donors (Lipinski definition) is 0. The molecule has 2 aromatic rings. The SMILES string of the molecule is COc1cc([N+](=O)[O-])ccc1CN1CCc2nc(C(C)C)ncc2C1. The lowest BCUT2D eigenvalue weighted by Gasteiger charge is -2.28. The maximum atomic E-state index is 10.9. The minimum atomic E-state index is -0.410. The summed E-state index contributed by atoms with van der Waals surface area (Å²) in [5, 5.41) is 10.9. The quantitative estimate of drug-likeness (QED) is 0.613. The molecule has 0 spiro atoms. The van der Waals surface area contributed by atoms with Crippen LogP contribution in [0.5, 0.6) is 5.75 Å². The largest absolute Gasteiger partial charge is 0.496 e. The lowest BCUT2D eigenvalue weighted by Crippen LogP contribution is -2.31. The smallest absolute Gasteiger partial charge is 0.273 e. The molecule has 132 valence electrons. The molecule has 0 saturated carbocycles. The standard InChI is InChI=1S/C18H22N4O3/c1-12(2)18-19-9-14-11-21(7-6-16(14)20-18)10-13-4-5-15(22(23)24)8-17(13)25-3/h4-5,8-9,12H,6-7,10-11H2,1-3H3. The van der Waals surface area contributed by atoms with Gasteiger partial charge in [0.25, 0.3) is 5.69 Å². The van der Waals surface area contributed by atoms with E-state index in [-0.39, 0.29) is 5.69 Å². The number of ether oxygens (including phenoxy) is 1. The van der Waals surface area contributed by atoms with E-state index in [0.29, 0.717) is 18.2 Å². The minimum Gasteiger partial charge on any atom is -0.496 e. The van der Waals surface area contributed by atoms with Crippen LogP contribution in [-0.4, -0.2) is 33.4 Å². The van der Waals surface area contributed by atoms with Crippen molar-refractivity contribution < 1.29 is 9.66 Å². The van der Waals surface area contributed by atoms with Crippen LogP contribution >= 0.6 is 0 Å². The third kappa shape index (κ3) is 3.76. The molecular formula is C18H22N4O3. The van der Waals surface area contributed by atoms with Gasteiger partial charge in [-0.25, -0.2) is 9.97 Å². The molecule has 0 aliphatic carbocycles. The van der Waals surface area contributed by atoms with E-state index in [9.17, 15) is 10.1 Å². The Hall–Kier alpha value is -2.54. The highest BCUT2D eigenvalue weighted by molar-refractivity contribution is 5.44. The third-order valence-electron chi connectivity index (χ3n) is 4.42. The number of rotatable bonds is 5. The van der Waals surface area contributed by atoms with Crippen LogP contribution in [0.3, 0.4) is 0 Å². The van der Waals surface area contributed by atoms with E-state index in [0.717, 1.165) is 42.2 Å². The maximum absolute atomic E-state index is 10.9. The average Bonchev–Trinajstić information content (AvgIpc) is 2.61. The first-order chi connectivity index (χ1) is 12.0. The molecule has 0 radical (unpaired) electrons. The van der Waals surface area contributed by atoms with Gasteiger partial charge in [0, 0.05) is 61.1 Å². The molecular weight excluding hydrogens is 320 g/mol. The van der Waals surface area contributed by atoms with E-state index >= 15 is 0 Å². The van der Waals surface area contributed by atoms with E-state index in [4.69, 9.17) is 4.74 Å². The van der Waals surface area contributed by atoms with Gasteiger partial charge in [-0.05, 0) is 6.07 Å². The van der Waals surface area contributed by atoms with Crippen molar-refractivity contribution in [1.29, 1.82) is 0 Å². The number of methoxy groups -OCH3 is 1. The van der Waals surface area contributed by atoms with Gasteiger partial charge < -0.3 is 4.74 Å². The zero-order chi connectivity index (χ0) is 18.0. The lowest BCUT2D eigenvalue weighted by molar-refractivity contribution is -0.384. The highest BCUT2D eigenvalue weighted by Crippen LogP contribution is 2.27. The first kappa shape index (κ1) is 17.3. The summed E-state index contributed by atoms with van der Waals surface area (Å²) in [6, 6.07) is 4.77. The molecule has 1 aromatic carbocycles. The zero-order valence-corrected chi connectivity index (χ0v) is 14.7. The van der Waals surface area contributed by atoms with Gasteiger partial charge in [-0.15, -0.1) is 0 Å². The Morgan fingerprint density at radius 3 is 2.88 bits per heavy atom. The van der Waals surface area contributed by atoms with Crippen molar-refractivity contribution >= 4 is 5.69 Å². The van der Waals surface area contributed by atoms with Crippen molar-refractivity contribution in [3.63, 3.8) is 0 Å². The molecule has 25 heavy (non-hydrogen) atoms. The summed E-state index contributed by atoms with van der Waals surface area (Å²) >= 11 is 0. The number of nitrogens with zero attached hydrogens (tertiary/aromatic N) is 4. The number of aromatic nitrogens is 2. The Labute approximate surface area is 146 Å². The van der Waals surface area contributed by atoms with Gasteiger partial charge in [0.2, 0.25) is 0 Å². The molecule has 7 nitrogen and oxygen atoms in total. The highest BCUT2D eigenvalue weighted by atomic mass is 16.6. The molecule has 0 fully saturated rings. The van der Waals surface area contributed by atoms with E-state index in [1.54, 1.807) is 6.07 Å². The zero-order valence-electron chi connectivity index (χ0n) is 14.7. The van der Waals surface area contributed by atoms with Gasteiger partial charge in [-0.2, -0.15) is 0 Å². The van der Waals surface area contributed by atoms with E-state index in [1.807, 2.05) is 6.20 Å². The molecule has 0 amide bonds. The molecule has 7 heteroatoms. The summed E-state index contributed by atoms with van der Waals surface area (Å²) in [6.45, 7) is 6.53. The van der Waals surface area contributed by atoms with Gasteiger partial charge in [-0.1, -0.05) is 13.8 Å². The summed E-state index contributed by atoms with van der Waals surface area (Å²) in [4.78, 5) is 21.9. The number of nitro groups is 1. The maximum Gasteiger partial charge on any atom is 0.273 e. The van der Waals surface area contributed by atoms with Gasteiger partial charge in [-0.3, -0.25) is 15.0 Å². The fourth-order valence-corrected chi connectivity index (χ4v) is 3.02. The summed E-state index contributed by atoms with van der Waals surface area (Å²) < 4.78 is 5.33. The van der Waals surface area contributed by atoms with Gasteiger partial charge in [0.1, 0.15) is 11.6 Å². The monoisotopic (exact) mass is 342 g/mol. The molecule has 0 atom stereocenters. The van der Waals surface area contributed by atoms with Gasteiger partial charge >= 0.3 is 0 Å². The van der Waals surface area contributed by atoms with E-state index < -0.39 is 4.92 Å². The highest BCUT2D eigenvalue weighted by Gasteiger charge is 2.21. The number of fused-ring (bicyclic) bond motifs is 1. The summed E-state index contributed by atoms with van der Waals surface area (Å²) in [5.74, 6) is 1.77. The summed E-state index contributed by atoms with van der Waals surface area (Å²) in [5.41, 5.74) is 3.26. The van der Waals surface area contributed by atoms with Crippen molar-refractivity contribution in [3.05, 3.63) is 57.2 Å². The van der Waals surface area contributed by atoms with Gasteiger partial charge in [0.15, 0.2) is 0 Å². The second-order valence-electron chi connectivity index (χ2n) is 6.57. The summed E-state index contributed by atoms with van der Waals surface area (Å²) in [6.07, 6.45) is 2.81. The molecule has 1 aromatic heterocycles. The number of nitro benzene ring substituents is 1. The second-order valence-corrected chi connectivity index (χ2v) is 6.57. The molecule has 0 N–H and O–H groups in total. The molecule has 0 unspecified atom stereocenters. The van der Waals surface area contributed by atoms with Crippen LogP contribution in [0.4, 0.5) is 5.69 Å². The Bertz CT molecular complexity index is 792. The van der Waals surface area contributed by atoms with Gasteiger partial charge in [0.05, 0.1) is 18.1 Å².